The molecule has 3 nitrogen and oxygen atoms in total. The van der Waals surface area contributed by atoms with E-state index in [1.54, 1.807) is 11.8 Å². The van der Waals surface area contributed by atoms with Gasteiger partial charge in [0.2, 0.25) is 5.91 Å². The molecule has 1 atom stereocenters. The SMILES string of the molecule is CSCC(C)NCC(=O)Nc1cccc(C)c1. The smallest absolute Gasteiger partial charge is 0.238 e. The highest BCUT2D eigenvalue weighted by Gasteiger charge is 2.05. The van der Waals surface area contributed by atoms with E-state index < -0.39 is 0 Å². The zero-order chi connectivity index (χ0) is 12.7. The van der Waals surface area contributed by atoms with Crippen LogP contribution in [0.3, 0.4) is 0 Å². The molecule has 94 valence electrons. The number of benzene rings is 1. The monoisotopic (exact) mass is 252 g/mol. The second kappa shape index (κ2) is 7.35. The lowest BCUT2D eigenvalue weighted by atomic mass is 10.2. The molecule has 4 heteroatoms. The summed E-state index contributed by atoms with van der Waals surface area (Å²) >= 11 is 1.77. The molecule has 0 bridgehead atoms. The second-order valence-corrected chi connectivity index (χ2v) is 5.07. The van der Waals surface area contributed by atoms with E-state index in [0.717, 1.165) is 17.0 Å². The Balaban J connectivity index is 2.34. The zero-order valence-corrected chi connectivity index (χ0v) is 11.4. The van der Waals surface area contributed by atoms with Crippen LogP contribution in [0.1, 0.15) is 12.5 Å². The van der Waals surface area contributed by atoms with Crippen molar-refractivity contribution in [1.29, 1.82) is 0 Å². The quantitative estimate of drug-likeness (QED) is 0.816. The molecule has 1 aromatic carbocycles. The summed E-state index contributed by atoms with van der Waals surface area (Å²) in [4.78, 5) is 11.7. The number of thioether (sulfide) groups is 1. The second-order valence-electron chi connectivity index (χ2n) is 4.15. The van der Waals surface area contributed by atoms with Gasteiger partial charge in [-0.3, -0.25) is 4.79 Å². The Kier molecular flexibility index (Phi) is 6.08. The molecule has 0 radical (unpaired) electrons. The van der Waals surface area contributed by atoms with Crippen LogP contribution in [0.25, 0.3) is 0 Å². The van der Waals surface area contributed by atoms with Crippen molar-refractivity contribution in [3.8, 4) is 0 Å². The van der Waals surface area contributed by atoms with E-state index in [2.05, 4.69) is 23.8 Å². The maximum absolute atomic E-state index is 11.7. The van der Waals surface area contributed by atoms with Gasteiger partial charge in [0.15, 0.2) is 0 Å². The number of anilines is 1. The fraction of sp³-hybridized carbons (Fsp3) is 0.462. The lowest BCUT2D eigenvalue weighted by Gasteiger charge is -2.12. The summed E-state index contributed by atoms with van der Waals surface area (Å²) in [6, 6.07) is 8.16. The van der Waals surface area contributed by atoms with Crippen LogP contribution in [0, 0.1) is 6.92 Å². The molecular formula is C13H20N2OS. The molecule has 1 unspecified atom stereocenters. The van der Waals surface area contributed by atoms with E-state index in [1.807, 2.05) is 31.2 Å². The van der Waals surface area contributed by atoms with Crippen molar-refractivity contribution in [2.24, 2.45) is 0 Å². The Morgan fingerprint density at radius 2 is 2.24 bits per heavy atom. The van der Waals surface area contributed by atoms with Crippen LogP contribution in [0.15, 0.2) is 24.3 Å². The number of carbonyl (C=O) groups excluding carboxylic acids is 1. The van der Waals surface area contributed by atoms with Crippen molar-refractivity contribution in [3.63, 3.8) is 0 Å². The molecule has 2 N–H and O–H groups in total. The highest BCUT2D eigenvalue weighted by atomic mass is 32.2. The van der Waals surface area contributed by atoms with Gasteiger partial charge in [-0.1, -0.05) is 12.1 Å². The fourth-order valence-electron chi connectivity index (χ4n) is 1.50. The molecule has 0 saturated heterocycles. The highest BCUT2D eigenvalue weighted by Crippen LogP contribution is 2.08. The molecule has 0 aliphatic rings. The average molecular weight is 252 g/mol. The van der Waals surface area contributed by atoms with Crippen LogP contribution >= 0.6 is 11.8 Å². The van der Waals surface area contributed by atoms with Gasteiger partial charge in [0, 0.05) is 17.5 Å². The van der Waals surface area contributed by atoms with Crippen molar-refractivity contribution >= 4 is 23.4 Å². The van der Waals surface area contributed by atoms with Gasteiger partial charge in [-0.2, -0.15) is 11.8 Å². The molecule has 1 aromatic rings. The number of rotatable bonds is 6. The molecule has 0 aromatic heterocycles. The molecule has 1 rings (SSSR count). The minimum absolute atomic E-state index is 0.00329. The van der Waals surface area contributed by atoms with Crippen LogP contribution in [-0.2, 0) is 4.79 Å². The van der Waals surface area contributed by atoms with Crippen LogP contribution in [0.2, 0.25) is 0 Å². The van der Waals surface area contributed by atoms with Gasteiger partial charge in [0.05, 0.1) is 6.54 Å². The van der Waals surface area contributed by atoms with E-state index in [0.29, 0.717) is 12.6 Å². The Morgan fingerprint density at radius 3 is 2.88 bits per heavy atom. The predicted molar refractivity (Wildman–Crippen MR) is 75.7 cm³/mol. The zero-order valence-electron chi connectivity index (χ0n) is 10.6. The normalized spacial score (nSPS) is 12.2. The van der Waals surface area contributed by atoms with Gasteiger partial charge in [-0.25, -0.2) is 0 Å². The molecular weight excluding hydrogens is 232 g/mol. The summed E-state index contributed by atoms with van der Waals surface area (Å²) in [5.74, 6) is 1.01. The van der Waals surface area contributed by atoms with Gasteiger partial charge in [-0.05, 0) is 37.8 Å². The van der Waals surface area contributed by atoms with Crippen molar-refractivity contribution in [3.05, 3.63) is 29.8 Å². The number of hydrogen-bond donors (Lipinski definition) is 2. The largest absolute Gasteiger partial charge is 0.325 e. The third kappa shape index (κ3) is 5.75. The van der Waals surface area contributed by atoms with Crippen molar-refractivity contribution < 1.29 is 4.79 Å². The van der Waals surface area contributed by atoms with Gasteiger partial charge >= 0.3 is 0 Å². The van der Waals surface area contributed by atoms with Crippen LogP contribution in [-0.4, -0.2) is 30.5 Å². The van der Waals surface area contributed by atoms with Crippen LogP contribution < -0.4 is 10.6 Å². The Labute approximate surface area is 107 Å². The topological polar surface area (TPSA) is 41.1 Å². The molecule has 0 spiro atoms. The van der Waals surface area contributed by atoms with Crippen molar-refractivity contribution in [1.82, 2.24) is 5.32 Å². The van der Waals surface area contributed by atoms with Crippen LogP contribution in [0.5, 0.6) is 0 Å². The molecule has 0 heterocycles. The molecule has 0 fully saturated rings. The van der Waals surface area contributed by atoms with E-state index >= 15 is 0 Å². The minimum atomic E-state index is 0.00329. The summed E-state index contributed by atoms with van der Waals surface area (Å²) in [7, 11) is 0. The predicted octanol–water partition coefficient (Wildman–Crippen LogP) is 2.27. The number of hydrogen-bond acceptors (Lipinski definition) is 3. The van der Waals surface area contributed by atoms with Crippen molar-refractivity contribution in [2.75, 3.05) is 23.9 Å². The Hall–Kier alpha value is -1.00. The molecule has 1 amide bonds. The number of carbonyl (C=O) groups is 1. The molecule has 0 saturated carbocycles. The first kappa shape index (κ1) is 14.1. The summed E-state index contributed by atoms with van der Waals surface area (Å²) in [5, 5.41) is 6.06. The third-order valence-electron chi connectivity index (χ3n) is 2.33. The summed E-state index contributed by atoms with van der Waals surface area (Å²) in [6.45, 7) is 4.45. The standard InChI is InChI=1S/C13H20N2OS/c1-10-5-4-6-12(7-10)15-13(16)8-14-11(2)9-17-3/h4-7,11,14H,8-9H2,1-3H3,(H,15,16). The van der Waals surface area contributed by atoms with Gasteiger partial charge in [-0.15, -0.1) is 0 Å². The maximum Gasteiger partial charge on any atom is 0.238 e. The van der Waals surface area contributed by atoms with E-state index in [-0.39, 0.29) is 5.91 Å². The third-order valence-corrected chi connectivity index (χ3v) is 3.16. The first-order chi connectivity index (χ1) is 8.11. The van der Waals surface area contributed by atoms with Gasteiger partial charge in [0.1, 0.15) is 0 Å². The minimum Gasteiger partial charge on any atom is -0.325 e. The van der Waals surface area contributed by atoms with Crippen LogP contribution in [0.4, 0.5) is 5.69 Å². The summed E-state index contributed by atoms with van der Waals surface area (Å²) in [5.41, 5.74) is 2.00. The first-order valence-electron chi connectivity index (χ1n) is 5.70. The average Bonchev–Trinajstić information content (AvgIpc) is 2.27. The van der Waals surface area contributed by atoms with Gasteiger partial charge < -0.3 is 10.6 Å². The molecule has 0 aliphatic carbocycles. The number of aryl methyl sites for hydroxylation is 1. The highest BCUT2D eigenvalue weighted by molar-refractivity contribution is 7.98. The van der Waals surface area contributed by atoms with Gasteiger partial charge in [0.25, 0.3) is 0 Å². The summed E-state index contributed by atoms with van der Waals surface area (Å²) in [6.07, 6.45) is 2.06. The Bertz CT molecular complexity index is 368. The van der Waals surface area contributed by atoms with E-state index in [9.17, 15) is 4.79 Å². The van der Waals surface area contributed by atoms with Crippen molar-refractivity contribution in [2.45, 2.75) is 19.9 Å². The molecule has 17 heavy (non-hydrogen) atoms. The maximum atomic E-state index is 11.7. The number of nitrogens with one attached hydrogen (secondary N) is 2. The number of amides is 1. The fourth-order valence-corrected chi connectivity index (χ4v) is 2.12. The summed E-state index contributed by atoms with van der Waals surface area (Å²) < 4.78 is 0. The molecule has 0 aliphatic heterocycles. The van der Waals surface area contributed by atoms with E-state index in [1.165, 1.54) is 0 Å². The Morgan fingerprint density at radius 1 is 1.47 bits per heavy atom. The lowest BCUT2D eigenvalue weighted by Crippen LogP contribution is -2.35. The lowest BCUT2D eigenvalue weighted by molar-refractivity contribution is -0.115. The van der Waals surface area contributed by atoms with E-state index in [4.69, 9.17) is 0 Å². The first-order valence-corrected chi connectivity index (χ1v) is 7.10.